The highest BCUT2D eigenvalue weighted by atomic mass is 127. The van der Waals surface area contributed by atoms with Crippen molar-refractivity contribution in [3.05, 3.63) is 86.0 Å². The smallest absolute Gasteiger partial charge is 0.335 e. The Kier molecular flexibility index (Phi) is 8.32. The summed E-state index contributed by atoms with van der Waals surface area (Å²) in [6.07, 6.45) is 1.35. The van der Waals surface area contributed by atoms with Crippen LogP contribution in [0.3, 0.4) is 0 Å². The van der Waals surface area contributed by atoms with Crippen molar-refractivity contribution in [2.45, 2.75) is 6.92 Å². The Labute approximate surface area is 236 Å². The van der Waals surface area contributed by atoms with Gasteiger partial charge in [-0.25, -0.2) is 9.69 Å². The summed E-state index contributed by atoms with van der Waals surface area (Å²) < 4.78 is 11.7. The highest BCUT2D eigenvalue weighted by Crippen LogP contribution is 2.35. The van der Waals surface area contributed by atoms with E-state index in [1.807, 2.05) is 41.6 Å². The van der Waals surface area contributed by atoms with E-state index in [1.165, 1.54) is 37.5 Å². The molecule has 0 aromatic heterocycles. The summed E-state index contributed by atoms with van der Waals surface area (Å²) in [5.74, 6) is -1.35. The van der Waals surface area contributed by atoms with Crippen LogP contribution in [0.1, 0.15) is 11.1 Å². The summed E-state index contributed by atoms with van der Waals surface area (Å²) in [5.41, 5.74) is 2.19. The lowest BCUT2D eigenvalue weighted by molar-refractivity contribution is -0.122. The number of carbonyl (C=O) groups excluding carboxylic acids is 4. The first-order valence-electron chi connectivity index (χ1n) is 11.2. The first kappa shape index (κ1) is 27.1. The standard InChI is InChI=1S/C27H21ClIN3O6/c1-15-3-7-18(8-4-15)30-23(33)14-38-24-21(29)12-16(13-22(24)37-2)11-20-25(34)31-27(36)32(26(20)35)19-9-5-17(28)6-10-19/h3-13H,14H2,1-2H3,(H,30,33)(H,31,34,36)/b20-11+. The van der Waals surface area contributed by atoms with E-state index in [0.29, 0.717) is 31.3 Å². The molecule has 5 amide bonds. The van der Waals surface area contributed by atoms with Gasteiger partial charge in [-0.3, -0.25) is 19.7 Å². The van der Waals surface area contributed by atoms with E-state index in [4.69, 9.17) is 21.1 Å². The molecule has 1 saturated heterocycles. The molecule has 1 aliphatic rings. The van der Waals surface area contributed by atoms with Gasteiger partial charge in [-0.05, 0) is 89.7 Å². The van der Waals surface area contributed by atoms with Crippen LogP contribution in [-0.4, -0.2) is 37.5 Å². The van der Waals surface area contributed by atoms with Gasteiger partial charge >= 0.3 is 6.03 Å². The second-order valence-corrected chi connectivity index (χ2v) is 9.77. The third kappa shape index (κ3) is 6.14. The summed E-state index contributed by atoms with van der Waals surface area (Å²) in [4.78, 5) is 51.3. The van der Waals surface area contributed by atoms with Gasteiger partial charge in [0.25, 0.3) is 17.7 Å². The highest BCUT2D eigenvalue weighted by Gasteiger charge is 2.36. The van der Waals surface area contributed by atoms with Crippen molar-refractivity contribution in [3.8, 4) is 11.5 Å². The summed E-state index contributed by atoms with van der Waals surface area (Å²) in [5, 5.41) is 5.37. The molecule has 4 rings (SSSR count). The van der Waals surface area contributed by atoms with Crippen molar-refractivity contribution in [1.82, 2.24) is 5.32 Å². The number of amides is 5. The molecule has 3 aromatic rings. The maximum absolute atomic E-state index is 13.1. The summed E-state index contributed by atoms with van der Waals surface area (Å²) >= 11 is 7.91. The summed E-state index contributed by atoms with van der Waals surface area (Å²) in [6, 6.07) is 15.8. The van der Waals surface area contributed by atoms with E-state index in [9.17, 15) is 19.2 Å². The van der Waals surface area contributed by atoms with Gasteiger partial charge in [0.1, 0.15) is 5.57 Å². The number of hydrogen-bond acceptors (Lipinski definition) is 6. The molecule has 0 radical (unpaired) electrons. The zero-order chi connectivity index (χ0) is 27.4. The quantitative estimate of drug-likeness (QED) is 0.214. The molecule has 0 saturated carbocycles. The van der Waals surface area contributed by atoms with Crippen LogP contribution in [0.4, 0.5) is 16.2 Å². The van der Waals surface area contributed by atoms with Gasteiger partial charge in [0.15, 0.2) is 18.1 Å². The topological polar surface area (TPSA) is 114 Å². The molecule has 3 aromatic carbocycles. The Morgan fingerprint density at radius 3 is 2.42 bits per heavy atom. The van der Waals surface area contributed by atoms with Gasteiger partial charge in [-0.15, -0.1) is 0 Å². The normalized spacial score (nSPS) is 14.4. The number of halogens is 2. The Bertz CT molecular complexity index is 1450. The molecular formula is C27H21ClIN3O6. The molecule has 0 unspecified atom stereocenters. The highest BCUT2D eigenvalue weighted by molar-refractivity contribution is 14.1. The predicted octanol–water partition coefficient (Wildman–Crippen LogP) is 4.95. The number of benzene rings is 3. The minimum Gasteiger partial charge on any atom is -0.493 e. The maximum atomic E-state index is 13.1. The molecule has 1 heterocycles. The third-order valence-corrected chi connectivity index (χ3v) is 6.49. The van der Waals surface area contributed by atoms with Gasteiger partial charge in [-0.2, -0.15) is 0 Å². The average Bonchev–Trinajstić information content (AvgIpc) is 2.88. The number of methoxy groups -OCH3 is 1. The van der Waals surface area contributed by atoms with E-state index in [1.54, 1.807) is 24.3 Å². The second kappa shape index (κ2) is 11.7. The van der Waals surface area contributed by atoms with Gasteiger partial charge in [0, 0.05) is 10.7 Å². The summed E-state index contributed by atoms with van der Waals surface area (Å²) in [6.45, 7) is 1.69. The predicted molar refractivity (Wildman–Crippen MR) is 151 cm³/mol. The number of nitrogens with one attached hydrogen (secondary N) is 2. The van der Waals surface area contributed by atoms with E-state index in [0.717, 1.165) is 10.5 Å². The molecule has 194 valence electrons. The molecule has 0 bridgehead atoms. The number of carbonyl (C=O) groups is 4. The number of urea groups is 1. The van der Waals surface area contributed by atoms with Crippen LogP contribution < -0.4 is 25.0 Å². The lowest BCUT2D eigenvalue weighted by Crippen LogP contribution is -2.54. The number of barbiturate groups is 1. The Hall–Kier alpha value is -3.90. The van der Waals surface area contributed by atoms with E-state index in [-0.39, 0.29) is 23.8 Å². The van der Waals surface area contributed by atoms with E-state index < -0.39 is 17.8 Å². The van der Waals surface area contributed by atoms with Crippen LogP contribution in [0.5, 0.6) is 11.5 Å². The SMILES string of the molecule is COc1cc(/C=C2\C(=O)NC(=O)N(c3ccc(Cl)cc3)C2=O)cc(I)c1OCC(=O)Nc1ccc(C)cc1. The van der Waals surface area contributed by atoms with Crippen LogP contribution in [0.25, 0.3) is 6.08 Å². The fourth-order valence-corrected chi connectivity index (χ4v) is 4.49. The molecule has 0 atom stereocenters. The van der Waals surface area contributed by atoms with Gasteiger partial charge < -0.3 is 14.8 Å². The molecule has 38 heavy (non-hydrogen) atoms. The molecule has 1 fully saturated rings. The van der Waals surface area contributed by atoms with E-state index >= 15 is 0 Å². The second-order valence-electron chi connectivity index (χ2n) is 8.17. The Balaban J connectivity index is 1.55. The molecule has 2 N–H and O–H groups in total. The fraction of sp³-hybridized carbons (Fsp3) is 0.111. The lowest BCUT2D eigenvalue weighted by atomic mass is 10.1. The lowest BCUT2D eigenvalue weighted by Gasteiger charge is -2.26. The van der Waals surface area contributed by atoms with Crippen molar-refractivity contribution in [1.29, 1.82) is 0 Å². The minimum atomic E-state index is -0.862. The zero-order valence-electron chi connectivity index (χ0n) is 20.2. The number of aryl methyl sites for hydroxylation is 1. The monoisotopic (exact) mass is 645 g/mol. The van der Waals surface area contributed by atoms with Crippen LogP contribution >= 0.6 is 34.2 Å². The maximum Gasteiger partial charge on any atom is 0.335 e. The molecule has 0 spiro atoms. The van der Waals surface area contributed by atoms with Gasteiger partial charge in [-0.1, -0.05) is 29.3 Å². The van der Waals surface area contributed by atoms with Crippen molar-refractivity contribution in [2.75, 3.05) is 23.9 Å². The number of nitrogens with zero attached hydrogens (tertiary/aromatic N) is 1. The molecule has 11 heteroatoms. The first-order valence-corrected chi connectivity index (χ1v) is 12.7. The number of hydrogen-bond donors (Lipinski definition) is 2. The zero-order valence-corrected chi connectivity index (χ0v) is 23.1. The van der Waals surface area contributed by atoms with Crippen LogP contribution in [0.2, 0.25) is 5.02 Å². The fourth-order valence-electron chi connectivity index (χ4n) is 3.58. The van der Waals surface area contributed by atoms with Crippen molar-refractivity contribution < 1.29 is 28.7 Å². The number of imide groups is 2. The number of anilines is 2. The van der Waals surface area contributed by atoms with Crippen LogP contribution in [0, 0.1) is 10.5 Å². The van der Waals surface area contributed by atoms with Crippen LogP contribution in [0.15, 0.2) is 66.2 Å². The van der Waals surface area contributed by atoms with Crippen molar-refractivity contribution in [3.63, 3.8) is 0 Å². The van der Waals surface area contributed by atoms with E-state index in [2.05, 4.69) is 10.6 Å². The molecule has 9 nitrogen and oxygen atoms in total. The third-order valence-electron chi connectivity index (χ3n) is 5.43. The van der Waals surface area contributed by atoms with Crippen LogP contribution in [-0.2, 0) is 14.4 Å². The first-order chi connectivity index (χ1) is 18.2. The largest absolute Gasteiger partial charge is 0.493 e. The summed E-state index contributed by atoms with van der Waals surface area (Å²) in [7, 11) is 1.43. The Morgan fingerprint density at radius 2 is 1.76 bits per heavy atom. The van der Waals surface area contributed by atoms with Crippen molar-refractivity contribution >= 4 is 75.4 Å². The number of rotatable bonds is 7. The minimum absolute atomic E-state index is 0.247. The van der Waals surface area contributed by atoms with Gasteiger partial charge in [0.2, 0.25) is 0 Å². The molecular weight excluding hydrogens is 625 g/mol. The van der Waals surface area contributed by atoms with Gasteiger partial charge in [0.05, 0.1) is 16.4 Å². The Morgan fingerprint density at radius 1 is 1.08 bits per heavy atom. The average molecular weight is 646 g/mol. The van der Waals surface area contributed by atoms with Crippen molar-refractivity contribution in [2.24, 2.45) is 0 Å². The number of ether oxygens (including phenoxy) is 2. The molecule has 1 aliphatic heterocycles. The molecule has 0 aliphatic carbocycles.